The summed E-state index contributed by atoms with van der Waals surface area (Å²) in [7, 11) is 0. The molecule has 0 saturated heterocycles. The van der Waals surface area contributed by atoms with Crippen LogP contribution in [-0.2, 0) is 19.2 Å². The van der Waals surface area contributed by atoms with Gasteiger partial charge in [-0.1, -0.05) is 6.92 Å². The predicted molar refractivity (Wildman–Crippen MR) is 116 cm³/mol. The first kappa shape index (κ1) is 22.9. The lowest BCUT2D eigenvalue weighted by Crippen LogP contribution is -2.72. The Kier molecular flexibility index (Phi) is 4.97. The second-order valence-corrected chi connectivity index (χ2v) is 9.32. The van der Waals surface area contributed by atoms with E-state index in [1.54, 1.807) is 13.0 Å². The summed E-state index contributed by atoms with van der Waals surface area (Å²) in [5, 5.41) is 33.2. The summed E-state index contributed by atoms with van der Waals surface area (Å²) >= 11 is 0. The number of Topliss-reactive ketones (excluding diaryl/α,β-unsaturated/α-hetero) is 4. The van der Waals surface area contributed by atoms with E-state index in [1.165, 1.54) is 24.7 Å². The van der Waals surface area contributed by atoms with Gasteiger partial charge in [0.25, 0.3) is 0 Å². The fraction of sp³-hybridized carbons (Fsp3) is 0.375. The minimum absolute atomic E-state index is 0.185. The minimum atomic E-state index is -2.95. The van der Waals surface area contributed by atoms with E-state index in [0.717, 1.165) is 0 Å². The van der Waals surface area contributed by atoms with Gasteiger partial charge < -0.3 is 21.1 Å². The number of primary amides is 1. The van der Waals surface area contributed by atoms with E-state index >= 15 is 0 Å². The molecule has 1 amide bonds. The summed E-state index contributed by atoms with van der Waals surface area (Å²) < 4.78 is 0. The molecule has 1 aromatic heterocycles. The molecule has 1 aromatic carbocycles. The van der Waals surface area contributed by atoms with Gasteiger partial charge in [0, 0.05) is 36.2 Å². The van der Waals surface area contributed by atoms with Gasteiger partial charge in [0.15, 0.2) is 34.7 Å². The maximum Gasteiger partial charge on any atom is 0.235 e. The first-order valence-electron chi connectivity index (χ1n) is 11.0. The third-order valence-electron chi connectivity index (χ3n) is 7.68. The Balaban J connectivity index is 1.71. The fourth-order valence-corrected chi connectivity index (χ4v) is 6.10. The molecule has 3 aliphatic rings. The highest BCUT2D eigenvalue weighted by Crippen LogP contribution is 2.55. The molecule has 35 heavy (non-hydrogen) atoms. The number of aromatic hydroxyl groups is 1. The second-order valence-electron chi connectivity index (χ2n) is 9.32. The Morgan fingerprint density at radius 1 is 1.14 bits per heavy atom. The van der Waals surface area contributed by atoms with Gasteiger partial charge in [-0.25, -0.2) is 0 Å². The Hall–Kier alpha value is -3.83. The van der Waals surface area contributed by atoms with Crippen LogP contribution >= 0.6 is 0 Å². The number of carbonyl (C=O) groups is 5. The lowest BCUT2D eigenvalue weighted by molar-refractivity contribution is -0.189. The molecule has 2 saturated carbocycles. The van der Waals surface area contributed by atoms with Crippen molar-refractivity contribution in [1.29, 1.82) is 0 Å². The molecule has 0 radical (unpaired) electrons. The van der Waals surface area contributed by atoms with Crippen LogP contribution in [0.5, 0.6) is 5.75 Å². The summed E-state index contributed by atoms with van der Waals surface area (Å²) in [4.78, 5) is 72.8. The number of fused-ring (bicyclic) bond motifs is 3. The molecule has 1 heterocycles. The van der Waals surface area contributed by atoms with Crippen molar-refractivity contribution in [3.63, 3.8) is 0 Å². The number of amides is 1. The SMILES string of the molecule is C[C@H]1c2c(-c3cnccn3)ccc(O)c2C(=O)C2C(=O)[C@]3(O)C(=O)C(C(N)=O)C(=O)C[C@@H]3[C@@H](O)[C@@H]21. The Morgan fingerprint density at radius 3 is 2.49 bits per heavy atom. The molecule has 11 nitrogen and oxygen atoms in total. The molecular formula is C24H21N3O8. The number of aliphatic hydroxyl groups excluding tert-OH is 1. The van der Waals surface area contributed by atoms with Crippen LogP contribution in [0.25, 0.3) is 11.3 Å². The Morgan fingerprint density at radius 2 is 1.86 bits per heavy atom. The number of nitrogens with two attached hydrogens (primary N) is 1. The normalized spacial score (nSPS) is 34.1. The highest BCUT2D eigenvalue weighted by molar-refractivity contribution is 6.31. The van der Waals surface area contributed by atoms with Crippen molar-refractivity contribution in [3.8, 4) is 17.0 Å². The molecule has 7 atom stereocenters. The lowest BCUT2D eigenvalue weighted by atomic mass is 9.50. The fourth-order valence-electron chi connectivity index (χ4n) is 6.10. The number of phenols is 1. The van der Waals surface area contributed by atoms with Crippen molar-refractivity contribution in [1.82, 2.24) is 9.97 Å². The molecule has 2 fully saturated rings. The zero-order chi connectivity index (χ0) is 25.4. The maximum atomic E-state index is 13.7. The number of hydrogen-bond acceptors (Lipinski definition) is 10. The third kappa shape index (κ3) is 2.88. The van der Waals surface area contributed by atoms with E-state index < -0.39 is 82.5 Å². The Labute approximate surface area is 198 Å². The second kappa shape index (κ2) is 7.59. The predicted octanol–water partition coefficient (Wildman–Crippen LogP) is -0.684. The van der Waals surface area contributed by atoms with E-state index in [1.807, 2.05) is 0 Å². The average Bonchev–Trinajstić information content (AvgIpc) is 2.82. The molecular weight excluding hydrogens is 458 g/mol. The van der Waals surface area contributed by atoms with Crippen LogP contribution in [0.4, 0.5) is 0 Å². The van der Waals surface area contributed by atoms with Crippen molar-refractivity contribution in [2.45, 2.75) is 31.0 Å². The van der Waals surface area contributed by atoms with E-state index in [2.05, 4.69) is 9.97 Å². The first-order valence-corrected chi connectivity index (χ1v) is 11.0. The largest absolute Gasteiger partial charge is 0.507 e. The Bertz CT molecular complexity index is 1330. The van der Waals surface area contributed by atoms with Gasteiger partial charge in [0.2, 0.25) is 5.91 Å². The van der Waals surface area contributed by atoms with Gasteiger partial charge in [-0.05, 0) is 23.6 Å². The number of benzene rings is 1. The molecule has 0 aliphatic heterocycles. The van der Waals surface area contributed by atoms with Crippen molar-refractivity contribution >= 4 is 29.0 Å². The topological polar surface area (TPSA) is 198 Å². The van der Waals surface area contributed by atoms with Crippen molar-refractivity contribution in [2.24, 2.45) is 29.4 Å². The number of rotatable bonds is 2. The minimum Gasteiger partial charge on any atom is -0.507 e. The summed E-state index contributed by atoms with van der Waals surface area (Å²) in [6, 6.07) is 2.81. The van der Waals surface area contributed by atoms with Crippen LogP contribution in [0.2, 0.25) is 0 Å². The van der Waals surface area contributed by atoms with E-state index in [-0.39, 0.29) is 5.56 Å². The summed E-state index contributed by atoms with van der Waals surface area (Å²) in [5.41, 5.74) is 3.21. The number of carbonyl (C=O) groups excluding carboxylic acids is 5. The van der Waals surface area contributed by atoms with Crippen LogP contribution in [0.15, 0.2) is 30.7 Å². The summed E-state index contributed by atoms with van der Waals surface area (Å²) in [6.07, 6.45) is 2.09. The highest BCUT2D eigenvalue weighted by Gasteiger charge is 2.70. The smallest absolute Gasteiger partial charge is 0.235 e. The molecule has 2 unspecified atom stereocenters. The number of aliphatic hydroxyl groups is 2. The molecule has 0 spiro atoms. The standard InChI is InChI=1S/C24H21N3O8/c1-8-14-9(11-7-26-4-5-27-11)2-3-12(28)16(14)20(31)18-15(8)19(30)10-6-13(29)17(23(25)34)21(32)24(10,35)22(18)33/h2-5,7-8,10,15,17-19,28,30,35H,6H2,1H3,(H2,25,34)/t8-,10+,15+,17?,18?,19+,24+/m0/s1. The van der Waals surface area contributed by atoms with E-state index in [4.69, 9.17) is 5.73 Å². The van der Waals surface area contributed by atoms with Crippen molar-refractivity contribution < 1.29 is 39.3 Å². The van der Waals surface area contributed by atoms with Crippen LogP contribution in [0.3, 0.4) is 0 Å². The van der Waals surface area contributed by atoms with E-state index in [9.17, 15) is 39.3 Å². The van der Waals surface area contributed by atoms with Crippen molar-refractivity contribution in [2.75, 3.05) is 0 Å². The lowest BCUT2D eigenvalue weighted by Gasteiger charge is -2.53. The zero-order valence-corrected chi connectivity index (χ0v) is 18.4. The van der Waals surface area contributed by atoms with Crippen LogP contribution in [0, 0.1) is 23.7 Å². The number of hydrogen-bond donors (Lipinski definition) is 4. The number of phenolic OH excluding ortho intramolecular Hbond substituents is 1. The number of ketones is 4. The molecule has 5 N–H and O–H groups in total. The molecule has 11 heteroatoms. The summed E-state index contributed by atoms with van der Waals surface area (Å²) in [6.45, 7) is 1.64. The van der Waals surface area contributed by atoms with Gasteiger partial charge in [-0.2, -0.15) is 0 Å². The molecule has 5 rings (SSSR count). The van der Waals surface area contributed by atoms with Gasteiger partial charge >= 0.3 is 0 Å². The van der Waals surface area contributed by atoms with Gasteiger partial charge in [-0.3, -0.25) is 33.9 Å². The number of aromatic nitrogens is 2. The quantitative estimate of drug-likeness (QED) is 0.400. The monoisotopic (exact) mass is 479 g/mol. The van der Waals surface area contributed by atoms with Gasteiger partial charge in [-0.15, -0.1) is 0 Å². The first-order chi connectivity index (χ1) is 16.5. The molecule has 3 aliphatic carbocycles. The highest BCUT2D eigenvalue weighted by atomic mass is 16.3. The van der Waals surface area contributed by atoms with Gasteiger partial charge in [0.1, 0.15) is 5.75 Å². The van der Waals surface area contributed by atoms with Gasteiger partial charge in [0.05, 0.1) is 29.5 Å². The molecule has 2 aromatic rings. The van der Waals surface area contributed by atoms with Crippen LogP contribution in [0.1, 0.15) is 35.2 Å². The average molecular weight is 479 g/mol. The third-order valence-corrected chi connectivity index (χ3v) is 7.68. The van der Waals surface area contributed by atoms with Crippen molar-refractivity contribution in [3.05, 3.63) is 41.9 Å². The zero-order valence-electron chi connectivity index (χ0n) is 18.4. The molecule has 0 bridgehead atoms. The molecule has 180 valence electrons. The van der Waals surface area contributed by atoms with E-state index in [0.29, 0.717) is 16.8 Å². The summed E-state index contributed by atoms with van der Waals surface area (Å²) in [5.74, 6) is -13.3. The maximum absolute atomic E-state index is 13.7. The van der Waals surface area contributed by atoms with Crippen LogP contribution in [-0.4, -0.2) is 66.0 Å². The number of nitrogens with zero attached hydrogens (tertiary/aromatic N) is 2. The van der Waals surface area contributed by atoms with Crippen LogP contribution < -0.4 is 5.73 Å².